The predicted molar refractivity (Wildman–Crippen MR) is 211 cm³/mol. The standard InChI is InChI=1S/C20H15ClN4O3.C20H16N4O3/c21-15-6-5-14-10-24-20(23)16(17(14)9-15)7-4-12-2-1-3-13(8-12)19(22)25-28-11-18(26)27;21-18-11-14(16-6-1-2-7-17(16)23-18)9-8-13-4-3-5-15(10-13)20(22)24-27-12-19(25)26/h1-3,5-6,8-10H,11H2,(H2,22,25)(H2,23,24)(H,26,27);1-7,10-11H,12H2,(H2,21,23)(H2,22,24)(H,25,26). The number of fused-ring (bicyclic) bond motifs is 2. The number of carbonyl (C=O) groups is 2. The van der Waals surface area contributed by atoms with E-state index in [2.05, 4.69) is 53.6 Å². The molecule has 2 aromatic heterocycles. The Bertz CT molecular complexity index is 2600. The monoisotopic (exact) mass is 754 g/mol. The third kappa shape index (κ3) is 10.8. The van der Waals surface area contributed by atoms with Crippen molar-refractivity contribution in [2.75, 3.05) is 24.7 Å². The van der Waals surface area contributed by atoms with Crippen molar-refractivity contribution in [1.29, 1.82) is 0 Å². The minimum Gasteiger partial charge on any atom is -0.479 e. The second-order valence-corrected chi connectivity index (χ2v) is 11.7. The van der Waals surface area contributed by atoms with Crippen LogP contribution in [-0.2, 0) is 19.3 Å². The number of aliphatic carboxylic acids is 2. The number of aromatic nitrogens is 2. The van der Waals surface area contributed by atoms with Crippen LogP contribution in [0.3, 0.4) is 0 Å². The highest BCUT2D eigenvalue weighted by Crippen LogP contribution is 2.25. The van der Waals surface area contributed by atoms with Gasteiger partial charge in [-0.2, -0.15) is 0 Å². The number of halogens is 1. The Morgan fingerprint density at radius 3 is 1.93 bits per heavy atom. The number of para-hydroxylation sites is 1. The molecule has 10 N–H and O–H groups in total. The molecule has 0 atom stereocenters. The van der Waals surface area contributed by atoms with E-state index in [1.807, 2.05) is 36.4 Å². The maximum absolute atomic E-state index is 10.5. The van der Waals surface area contributed by atoms with Crippen LogP contribution in [0.2, 0.25) is 5.02 Å². The Hall–Kier alpha value is -7.81. The van der Waals surface area contributed by atoms with Gasteiger partial charge in [0.1, 0.15) is 11.6 Å². The number of rotatable bonds is 8. The van der Waals surface area contributed by atoms with Gasteiger partial charge in [0.25, 0.3) is 0 Å². The number of carboxylic acid groups (broad SMARTS) is 2. The highest BCUT2D eigenvalue weighted by atomic mass is 35.5. The molecule has 0 aliphatic heterocycles. The van der Waals surface area contributed by atoms with Gasteiger partial charge < -0.3 is 42.8 Å². The van der Waals surface area contributed by atoms with E-state index in [9.17, 15) is 9.59 Å². The number of anilines is 2. The van der Waals surface area contributed by atoms with Gasteiger partial charge in [0.15, 0.2) is 11.7 Å². The number of amidine groups is 2. The van der Waals surface area contributed by atoms with Crippen LogP contribution in [0.1, 0.15) is 33.4 Å². The molecule has 0 amide bonds. The molecule has 0 aliphatic carbocycles. The zero-order chi connectivity index (χ0) is 39.3. The highest BCUT2D eigenvalue weighted by Gasteiger charge is 2.07. The van der Waals surface area contributed by atoms with Gasteiger partial charge in [-0.3, -0.25) is 0 Å². The van der Waals surface area contributed by atoms with Crippen LogP contribution in [0.15, 0.2) is 114 Å². The lowest BCUT2D eigenvalue weighted by atomic mass is 10.1. The smallest absolute Gasteiger partial charge is 0.344 e. The zero-order valence-corrected chi connectivity index (χ0v) is 29.5. The van der Waals surface area contributed by atoms with Crippen molar-refractivity contribution in [3.8, 4) is 23.7 Å². The third-order valence-corrected chi connectivity index (χ3v) is 7.55. The molecule has 14 nitrogen and oxygen atoms in total. The SMILES string of the molecule is NC(=NOCC(=O)O)c1cccc(C#Cc2c(N)ncc3ccc(Cl)cc23)c1.NC(=NOCC(=O)O)c1cccc(C#Cc2cc(N)nc3ccccc23)c1. The van der Waals surface area contributed by atoms with Crippen molar-refractivity contribution in [3.63, 3.8) is 0 Å². The summed E-state index contributed by atoms with van der Waals surface area (Å²) in [5.74, 6) is 10.8. The average molecular weight is 755 g/mol. The summed E-state index contributed by atoms with van der Waals surface area (Å²) >= 11 is 6.09. The van der Waals surface area contributed by atoms with E-state index in [0.717, 1.165) is 27.2 Å². The number of nitrogens with zero attached hydrogens (tertiary/aromatic N) is 4. The van der Waals surface area contributed by atoms with E-state index in [1.165, 1.54) is 0 Å². The van der Waals surface area contributed by atoms with Gasteiger partial charge in [-0.05, 0) is 48.5 Å². The minimum atomic E-state index is -1.14. The average Bonchev–Trinajstić information content (AvgIpc) is 3.16. The molecule has 274 valence electrons. The molecule has 2 heterocycles. The first-order chi connectivity index (χ1) is 26.5. The van der Waals surface area contributed by atoms with E-state index < -0.39 is 25.2 Å². The molecule has 15 heteroatoms. The molecule has 0 bridgehead atoms. The fourth-order valence-electron chi connectivity index (χ4n) is 4.84. The first-order valence-electron chi connectivity index (χ1n) is 16.0. The van der Waals surface area contributed by atoms with Gasteiger partial charge >= 0.3 is 11.9 Å². The van der Waals surface area contributed by atoms with Crippen molar-refractivity contribution in [2.45, 2.75) is 0 Å². The van der Waals surface area contributed by atoms with Gasteiger partial charge in [-0.15, -0.1) is 0 Å². The lowest BCUT2D eigenvalue weighted by Crippen LogP contribution is -2.15. The van der Waals surface area contributed by atoms with Crippen molar-refractivity contribution in [2.24, 2.45) is 21.8 Å². The first-order valence-corrected chi connectivity index (χ1v) is 16.4. The summed E-state index contributed by atoms with van der Waals surface area (Å²) in [6.45, 7) is -1.13. The fourth-order valence-corrected chi connectivity index (χ4v) is 5.01. The number of benzene rings is 4. The summed E-state index contributed by atoms with van der Waals surface area (Å²) < 4.78 is 0. The van der Waals surface area contributed by atoms with Crippen molar-refractivity contribution in [1.82, 2.24) is 9.97 Å². The predicted octanol–water partition coefficient (Wildman–Crippen LogP) is 4.53. The minimum absolute atomic E-state index is 0.0445. The number of pyridine rings is 2. The Morgan fingerprint density at radius 1 is 0.709 bits per heavy atom. The molecule has 6 rings (SSSR count). The molecule has 55 heavy (non-hydrogen) atoms. The Balaban J connectivity index is 0.000000211. The van der Waals surface area contributed by atoms with Crippen LogP contribution >= 0.6 is 11.6 Å². The van der Waals surface area contributed by atoms with Gasteiger partial charge in [0, 0.05) is 55.2 Å². The molecular formula is C40H31ClN8O6. The number of hydrogen-bond donors (Lipinski definition) is 6. The van der Waals surface area contributed by atoms with Crippen LogP contribution in [0.5, 0.6) is 0 Å². The molecule has 0 saturated carbocycles. The highest BCUT2D eigenvalue weighted by molar-refractivity contribution is 6.31. The fraction of sp³-hybridized carbons (Fsp3) is 0.0500. The molecule has 0 unspecified atom stereocenters. The Kier molecular flexibility index (Phi) is 12.6. The van der Waals surface area contributed by atoms with Gasteiger partial charge in [-0.25, -0.2) is 19.6 Å². The molecule has 0 spiro atoms. The number of nitrogens with two attached hydrogens (primary N) is 4. The third-order valence-electron chi connectivity index (χ3n) is 7.31. The maximum atomic E-state index is 10.5. The molecular weight excluding hydrogens is 724 g/mol. The molecule has 4 aromatic carbocycles. The molecule has 0 saturated heterocycles. The van der Waals surface area contributed by atoms with Crippen molar-refractivity contribution < 1.29 is 29.5 Å². The number of oxime groups is 2. The van der Waals surface area contributed by atoms with E-state index in [0.29, 0.717) is 44.5 Å². The topological polar surface area (TPSA) is 248 Å². The number of carboxylic acids is 2. The second kappa shape index (κ2) is 18.1. The van der Waals surface area contributed by atoms with Crippen LogP contribution in [0.4, 0.5) is 11.6 Å². The molecule has 0 fully saturated rings. The van der Waals surface area contributed by atoms with E-state index in [-0.39, 0.29) is 11.7 Å². The normalized spacial score (nSPS) is 10.9. The lowest BCUT2D eigenvalue weighted by molar-refractivity contribution is -0.143. The summed E-state index contributed by atoms with van der Waals surface area (Å²) in [7, 11) is 0. The number of hydrogen-bond acceptors (Lipinski definition) is 10. The first kappa shape index (κ1) is 38.4. The maximum Gasteiger partial charge on any atom is 0.344 e. The quantitative estimate of drug-likeness (QED) is 0.0543. The molecule has 6 aromatic rings. The van der Waals surface area contributed by atoms with Crippen molar-refractivity contribution in [3.05, 3.63) is 142 Å². The number of nitrogen functional groups attached to an aromatic ring is 2. The van der Waals surface area contributed by atoms with E-state index >= 15 is 0 Å². The Morgan fingerprint density at radius 2 is 1.31 bits per heavy atom. The van der Waals surface area contributed by atoms with Gasteiger partial charge in [0.05, 0.1) is 11.1 Å². The second-order valence-electron chi connectivity index (χ2n) is 11.3. The van der Waals surface area contributed by atoms with Crippen LogP contribution in [0.25, 0.3) is 21.7 Å². The summed E-state index contributed by atoms with van der Waals surface area (Å²) in [5, 5.41) is 27.5. The van der Waals surface area contributed by atoms with Crippen LogP contribution < -0.4 is 22.9 Å². The molecule has 0 aliphatic rings. The summed E-state index contributed by atoms with van der Waals surface area (Å²) in [5.41, 5.74) is 28.1. The van der Waals surface area contributed by atoms with E-state index in [4.69, 9.17) is 44.7 Å². The Labute approximate surface area is 319 Å². The lowest BCUT2D eigenvalue weighted by Gasteiger charge is -2.04. The van der Waals surface area contributed by atoms with Crippen LogP contribution in [-0.4, -0.2) is 57.0 Å². The zero-order valence-electron chi connectivity index (χ0n) is 28.7. The summed E-state index contributed by atoms with van der Waals surface area (Å²) in [4.78, 5) is 38.7. The summed E-state index contributed by atoms with van der Waals surface area (Å²) in [6, 6.07) is 28.8. The molecule has 0 radical (unpaired) electrons. The van der Waals surface area contributed by atoms with Crippen LogP contribution in [0, 0.1) is 23.7 Å². The van der Waals surface area contributed by atoms with Gasteiger partial charge in [0.2, 0.25) is 13.2 Å². The van der Waals surface area contributed by atoms with E-state index in [1.54, 1.807) is 66.9 Å². The largest absolute Gasteiger partial charge is 0.479 e. The van der Waals surface area contributed by atoms with Crippen molar-refractivity contribution >= 4 is 68.5 Å². The summed E-state index contributed by atoms with van der Waals surface area (Å²) in [6.07, 6.45) is 1.67. The van der Waals surface area contributed by atoms with Gasteiger partial charge in [-0.1, -0.05) is 94.1 Å².